The number of hydrazone groups is 1. The molecule has 6 heteroatoms. The third-order valence-corrected chi connectivity index (χ3v) is 1.87. The molecule has 1 aromatic rings. The Morgan fingerprint density at radius 1 is 1.67 bits per heavy atom. The zero-order valence-corrected chi connectivity index (χ0v) is 8.88. The van der Waals surface area contributed by atoms with Crippen LogP contribution in [0.15, 0.2) is 23.3 Å². The van der Waals surface area contributed by atoms with Crippen molar-refractivity contribution in [2.75, 3.05) is 7.11 Å². The molecule has 0 amide bonds. The Morgan fingerprint density at radius 3 is 2.93 bits per heavy atom. The highest BCUT2D eigenvalue weighted by Gasteiger charge is 1.99. The molecule has 0 unspecified atom stereocenters. The third-order valence-electron chi connectivity index (χ3n) is 1.57. The van der Waals surface area contributed by atoms with Crippen LogP contribution in [0.3, 0.4) is 0 Å². The van der Waals surface area contributed by atoms with Crippen molar-refractivity contribution in [2.45, 2.75) is 0 Å². The maximum atomic E-state index is 6.87. The fourth-order valence-electron chi connectivity index (χ4n) is 0.939. The topological polar surface area (TPSA) is 83.5 Å². The molecule has 0 spiro atoms. The maximum absolute atomic E-state index is 6.87. The second-order valence-electron chi connectivity index (χ2n) is 2.68. The first-order chi connectivity index (χ1) is 7.13. The van der Waals surface area contributed by atoms with Crippen LogP contribution < -0.4 is 15.9 Å². The number of rotatable bonds is 3. The van der Waals surface area contributed by atoms with Crippen molar-refractivity contribution in [2.24, 2.45) is 10.8 Å². The van der Waals surface area contributed by atoms with Crippen molar-refractivity contribution < 1.29 is 4.74 Å². The Balaban J connectivity index is 2.75. The van der Waals surface area contributed by atoms with Gasteiger partial charge >= 0.3 is 0 Å². The SMILES string of the molecule is COc1ccc(/C=N/NC(=N)N)cc1Cl. The molecule has 5 nitrogen and oxygen atoms in total. The lowest BCUT2D eigenvalue weighted by molar-refractivity contribution is 0.415. The van der Waals surface area contributed by atoms with Gasteiger partial charge in [0.05, 0.1) is 18.3 Å². The van der Waals surface area contributed by atoms with Crippen molar-refractivity contribution in [3.63, 3.8) is 0 Å². The summed E-state index contributed by atoms with van der Waals surface area (Å²) in [6.07, 6.45) is 1.51. The summed E-state index contributed by atoms with van der Waals surface area (Å²) < 4.78 is 5.00. The van der Waals surface area contributed by atoms with Crippen molar-refractivity contribution in [3.05, 3.63) is 28.8 Å². The van der Waals surface area contributed by atoms with Crippen LogP contribution in [0.5, 0.6) is 5.75 Å². The Morgan fingerprint density at radius 2 is 2.40 bits per heavy atom. The number of nitrogens with one attached hydrogen (secondary N) is 2. The van der Waals surface area contributed by atoms with Gasteiger partial charge in [-0.1, -0.05) is 11.6 Å². The molecule has 80 valence electrons. The lowest BCUT2D eigenvalue weighted by Crippen LogP contribution is -2.25. The van der Waals surface area contributed by atoms with E-state index in [0.717, 1.165) is 5.56 Å². The highest BCUT2D eigenvalue weighted by Crippen LogP contribution is 2.24. The van der Waals surface area contributed by atoms with E-state index in [4.69, 9.17) is 27.5 Å². The van der Waals surface area contributed by atoms with Gasteiger partial charge in [0.25, 0.3) is 0 Å². The number of halogens is 1. The molecule has 15 heavy (non-hydrogen) atoms. The third kappa shape index (κ3) is 3.47. The normalized spacial score (nSPS) is 10.3. The largest absolute Gasteiger partial charge is 0.495 e. The zero-order valence-electron chi connectivity index (χ0n) is 8.12. The summed E-state index contributed by atoms with van der Waals surface area (Å²) in [6.45, 7) is 0. The van der Waals surface area contributed by atoms with Gasteiger partial charge in [0.15, 0.2) is 0 Å². The molecule has 0 aromatic heterocycles. The van der Waals surface area contributed by atoms with Crippen LogP contribution in [0.2, 0.25) is 5.02 Å². The van der Waals surface area contributed by atoms with Crippen molar-refractivity contribution in [1.82, 2.24) is 5.43 Å². The van der Waals surface area contributed by atoms with Gasteiger partial charge in [-0.15, -0.1) is 0 Å². The molecule has 4 N–H and O–H groups in total. The van der Waals surface area contributed by atoms with E-state index >= 15 is 0 Å². The molecule has 0 aliphatic carbocycles. The summed E-state index contributed by atoms with van der Waals surface area (Å²) in [7, 11) is 1.55. The number of nitrogens with two attached hydrogens (primary N) is 1. The van der Waals surface area contributed by atoms with Crippen LogP contribution in [0.25, 0.3) is 0 Å². The van der Waals surface area contributed by atoms with E-state index in [1.165, 1.54) is 6.21 Å². The van der Waals surface area contributed by atoms with Crippen LogP contribution in [-0.4, -0.2) is 19.3 Å². The van der Waals surface area contributed by atoms with E-state index in [1.54, 1.807) is 25.3 Å². The minimum absolute atomic E-state index is 0.217. The molecule has 0 aliphatic heterocycles. The number of nitrogens with zero attached hydrogens (tertiary/aromatic N) is 1. The average molecular weight is 227 g/mol. The van der Waals surface area contributed by atoms with Crippen molar-refractivity contribution in [1.29, 1.82) is 5.41 Å². The molecule has 0 bridgehead atoms. The van der Waals surface area contributed by atoms with E-state index in [1.807, 2.05) is 0 Å². The summed E-state index contributed by atoms with van der Waals surface area (Å²) in [5.41, 5.74) is 8.13. The number of ether oxygens (including phenoxy) is 1. The molecule has 1 aromatic carbocycles. The van der Waals surface area contributed by atoms with Gasteiger partial charge in [-0.05, 0) is 23.8 Å². The smallest absolute Gasteiger partial charge is 0.206 e. The predicted octanol–water partition coefficient (Wildman–Crippen LogP) is 1.17. The molecule has 0 heterocycles. The first kappa shape index (κ1) is 11.3. The van der Waals surface area contributed by atoms with E-state index in [2.05, 4.69) is 10.5 Å². The predicted molar refractivity (Wildman–Crippen MR) is 60.6 cm³/mol. The van der Waals surface area contributed by atoms with Crippen LogP contribution in [-0.2, 0) is 0 Å². The molecule has 0 fully saturated rings. The van der Waals surface area contributed by atoms with E-state index < -0.39 is 0 Å². The summed E-state index contributed by atoms with van der Waals surface area (Å²) in [6, 6.07) is 5.22. The Kier molecular flexibility index (Phi) is 3.93. The number of hydrogen-bond donors (Lipinski definition) is 3. The Labute approximate surface area is 92.4 Å². The maximum Gasteiger partial charge on any atom is 0.206 e. The van der Waals surface area contributed by atoms with Crippen LogP contribution >= 0.6 is 11.6 Å². The molecule has 0 atom stereocenters. The molecule has 0 saturated heterocycles. The summed E-state index contributed by atoms with van der Waals surface area (Å²) in [4.78, 5) is 0. The summed E-state index contributed by atoms with van der Waals surface area (Å²) in [5.74, 6) is 0.388. The summed E-state index contributed by atoms with van der Waals surface area (Å²) in [5, 5.41) is 11.1. The molecular formula is C9H11ClN4O. The molecule has 1 rings (SSSR count). The van der Waals surface area contributed by atoms with Crippen molar-refractivity contribution >= 4 is 23.8 Å². The number of guanidine groups is 1. The lowest BCUT2D eigenvalue weighted by atomic mass is 10.2. The van der Waals surface area contributed by atoms with Gasteiger partial charge in [0, 0.05) is 0 Å². The van der Waals surface area contributed by atoms with Gasteiger partial charge in [-0.25, -0.2) is 5.43 Å². The highest BCUT2D eigenvalue weighted by molar-refractivity contribution is 6.32. The van der Waals surface area contributed by atoms with Gasteiger partial charge in [-0.3, -0.25) is 5.41 Å². The van der Waals surface area contributed by atoms with Crippen LogP contribution in [0, 0.1) is 5.41 Å². The second kappa shape index (κ2) is 5.21. The van der Waals surface area contributed by atoms with Crippen LogP contribution in [0.4, 0.5) is 0 Å². The minimum Gasteiger partial charge on any atom is -0.495 e. The second-order valence-corrected chi connectivity index (χ2v) is 3.08. The molecule has 0 radical (unpaired) electrons. The van der Waals surface area contributed by atoms with E-state index in [9.17, 15) is 0 Å². The monoisotopic (exact) mass is 226 g/mol. The minimum atomic E-state index is -0.217. The van der Waals surface area contributed by atoms with Crippen LogP contribution in [0.1, 0.15) is 5.56 Å². The van der Waals surface area contributed by atoms with Gasteiger partial charge in [0.2, 0.25) is 5.96 Å². The first-order valence-corrected chi connectivity index (χ1v) is 4.48. The molecule has 0 aliphatic rings. The first-order valence-electron chi connectivity index (χ1n) is 4.10. The number of methoxy groups -OCH3 is 1. The standard InChI is InChI=1S/C9H11ClN4O/c1-15-8-3-2-6(4-7(8)10)5-13-14-9(11)12/h2-5H,1H3,(H4,11,12,14)/b13-5+. The van der Waals surface area contributed by atoms with E-state index in [0.29, 0.717) is 10.8 Å². The van der Waals surface area contributed by atoms with Crippen molar-refractivity contribution in [3.8, 4) is 5.75 Å². The summed E-state index contributed by atoms with van der Waals surface area (Å²) >= 11 is 5.90. The highest BCUT2D eigenvalue weighted by atomic mass is 35.5. The molecular weight excluding hydrogens is 216 g/mol. The zero-order chi connectivity index (χ0) is 11.3. The number of hydrogen-bond acceptors (Lipinski definition) is 3. The fourth-order valence-corrected chi connectivity index (χ4v) is 1.21. The number of benzene rings is 1. The Hall–Kier alpha value is -1.75. The Bertz CT molecular complexity index is 392. The average Bonchev–Trinajstić information content (AvgIpc) is 2.17. The lowest BCUT2D eigenvalue weighted by Gasteiger charge is -2.02. The fraction of sp³-hybridized carbons (Fsp3) is 0.111. The van der Waals surface area contributed by atoms with Gasteiger partial charge < -0.3 is 10.5 Å². The quantitative estimate of drug-likeness (QED) is 0.411. The van der Waals surface area contributed by atoms with E-state index in [-0.39, 0.29) is 5.96 Å². The molecule has 0 saturated carbocycles. The van der Waals surface area contributed by atoms with Gasteiger partial charge in [0.1, 0.15) is 5.75 Å². The van der Waals surface area contributed by atoms with Gasteiger partial charge in [-0.2, -0.15) is 5.10 Å².